The maximum Gasteiger partial charge on any atom is 0.209 e. The number of hydrogen-bond acceptors (Lipinski definition) is 7. The van der Waals surface area contributed by atoms with E-state index in [1.807, 2.05) is 11.2 Å². The monoisotopic (exact) mass is 485 g/mol. The first-order valence-electron chi connectivity index (χ1n) is 11.3. The lowest BCUT2D eigenvalue weighted by atomic mass is 9.93. The maximum atomic E-state index is 14.9. The van der Waals surface area contributed by atoms with Gasteiger partial charge in [0.15, 0.2) is 16.0 Å². The van der Waals surface area contributed by atoms with Crippen molar-refractivity contribution in [2.75, 3.05) is 18.4 Å². The van der Waals surface area contributed by atoms with Crippen LogP contribution in [0.25, 0.3) is 0 Å². The normalized spacial score (nSPS) is 23.9. The van der Waals surface area contributed by atoms with Crippen molar-refractivity contribution in [2.24, 2.45) is 4.99 Å². The van der Waals surface area contributed by atoms with Gasteiger partial charge in [-0.15, -0.1) is 0 Å². The number of benzene rings is 1. The number of alkyl halides is 1. The van der Waals surface area contributed by atoms with Gasteiger partial charge in [-0.05, 0) is 55.5 Å². The Hall–Kier alpha value is -3.07. The van der Waals surface area contributed by atoms with E-state index < -0.39 is 21.3 Å². The molecule has 1 saturated heterocycles. The molecule has 0 radical (unpaired) electrons. The standard InChI is InChI=1S/C23H28FN7O2S/c24-21-14-20(6-7-22(21)31-13-1-10-29-31)34(32,33)19-4-2-17(3-5-19)15-27-23(28-16-25)30-18-8-11-26-12-9-18/h2-5,8-9,11-12,20-22,29H,1,6-7,10,13-15H2,(H2,26,27,28,30). The number of aromatic nitrogens is 1. The van der Waals surface area contributed by atoms with Crippen molar-refractivity contribution in [1.82, 2.24) is 20.7 Å². The molecular weight excluding hydrogens is 457 g/mol. The highest BCUT2D eigenvalue weighted by Crippen LogP contribution is 2.33. The number of rotatable bonds is 6. The third-order valence-electron chi connectivity index (χ3n) is 6.21. The average Bonchev–Trinajstić information content (AvgIpc) is 3.38. The van der Waals surface area contributed by atoms with E-state index in [1.54, 1.807) is 48.8 Å². The second kappa shape index (κ2) is 10.9. The van der Waals surface area contributed by atoms with Gasteiger partial charge in [-0.3, -0.25) is 15.7 Å². The van der Waals surface area contributed by atoms with Crippen LogP contribution in [0.1, 0.15) is 31.2 Å². The largest absolute Gasteiger partial charge is 0.325 e. The summed E-state index contributed by atoms with van der Waals surface area (Å²) in [6.45, 7) is 1.88. The number of nitrogens with zero attached hydrogens (tertiary/aromatic N) is 4. The molecule has 2 aromatic rings. The fourth-order valence-corrected chi connectivity index (χ4v) is 6.20. The van der Waals surface area contributed by atoms with E-state index in [0.29, 0.717) is 12.8 Å². The fraction of sp³-hybridized carbons (Fsp3) is 0.435. The molecule has 34 heavy (non-hydrogen) atoms. The molecule has 0 bridgehead atoms. The summed E-state index contributed by atoms with van der Waals surface area (Å²) in [4.78, 5) is 8.49. The molecule has 180 valence electrons. The number of hydrogen-bond donors (Lipinski definition) is 3. The quantitative estimate of drug-likeness (QED) is 0.247. The summed E-state index contributed by atoms with van der Waals surface area (Å²) in [7, 11) is -3.63. The van der Waals surface area contributed by atoms with Crippen molar-refractivity contribution in [2.45, 2.75) is 54.6 Å². The number of hydrazine groups is 1. The number of anilines is 1. The van der Waals surface area contributed by atoms with E-state index in [-0.39, 0.29) is 29.9 Å². The van der Waals surface area contributed by atoms with Gasteiger partial charge < -0.3 is 5.32 Å². The minimum Gasteiger partial charge on any atom is -0.325 e. The van der Waals surface area contributed by atoms with Gasteiger partial charge >= 0.3 is 0 Å². The van der Waals surface area contributed by atoms with E-state index in [1.165, 1.54) is 0 Å². The third kappa shape index (κ3) is 5.70. The van der Waals surface area contributed by atoms with E-state index in [2.05, 4.69) is 26.0 Å². The minimum atomic E-state index is -3.63. The number of nitriles is 1. The predicted octanol–water partition coefficient (Wildman–Crippen LogP) is 2.36. The van der Waals surface area contributed by atoms with Gasteiger partial charge in [-0.2, -0.15) is 5.26 Å². The Balaban J connectivity index is 1.39. The SMILES string of the molecule is N#CNC(=NCc1ccc(S(=O)(=O)C2CCC(N3CCCN3)C(F)C2)cc1)Nc1ccncc1. The van der Waals surface area contributed by atoms with Gasteiger partial charge in [-0.1, -0.05) is 12.1 Å². The Morgan fingerprint density at radius 1 is 1.24 bits per heavy atom. The van der Waals surface area contributed by atoms with E-state index in [4.69, 9.17) is 5.26 Å². The minimum absolute atomic E-state index is 0.0150. The van der Waals surface area contributed by atoms with E-state index >= 15 is 0 Å². The first-order valence-corrected chi connectivity index (χ1v) is 12.9. The zero-order valence-electron chi connectivity index (χ0n) is 18.7. The maximum absolute atomic E-state index is 14.9. The van der Waals surface area contributed by atoms with Crippen LogP contribution in [0.5, 0.6) is 0 Å². The number of guanidine groups is 1. The highest BCUT2D eigenvalue weighted by atomic mass is 32.2. The van der Waals surface area contributed by atoms with Crippen LogP contribution in [0.2, 0.25) is 0 Å². The third-order valence-corrected chi connectivity index (χ3v) is 8.44. The molecular formula is C23H28FN7O2S. The Morgan fingerprint density at radius 2 is 2.00 bits per heavy atom. The van der Waals surface area contributed by atoms with E-state index in [0.717, 1.165) is 30.8 Å². The van der Waals surface area contributed by atoms with Crippen LogP contribution >= 0.6 is 0 Å². The first kappa shape index (κ1) is 24.1. The number of pyridine rings is 1. The second-order valence-corrected chi connectivity index (χ2v) is 10.7. The number of halogens is 1. The molecule has 3 N–H and O–H groups in total. The molecule has 3 atom stereocenters. The summed E-state index contributed by atoms with van der Waals surface area (Å²) in [5.74, 6) is 0.267. The van der Waals surface area contributed by atoms with Crippen molar-refractivity contribution in [3.05, 3.63) is 54.4 Å². The molecule has 0 spiro atoms. The number of aliphatic imine (C=N–C) groups is 1. The molecule has 0 amide bonds. The predicted molar refractivity (Wildman–Crippen MR) is 127 cm³/mol. The summed E-state index contributed by atoms with van der Waals surface area (Å²) in [5.41, 5.74) is 4.69. The average molecular weight is 486 g/mol. The zero-order valence-corrected chi connectivity index (χ0v) is 19.5. The molecule has 4 rings (SSSR count). The van der Waals surface area contributed by atoms with Gasteiger partial charge in [0.05, 0.1) is 22.7 Å². The lowest BCUT2D eigenvalue weighted by molar-refractivity contribution is 0.0631. The fourth-order valence-electron chi connectivity index (χ4n) is 4.41. The van der Waals surface area contributed by atoms with Crippen molar-refractivity contribution >= 4 is 21.5 Å². The van der Waals surface area contributed by atoms with Crippen LogP contribution in [0.3, 0.4) is 0 Å². The smallest absolute Gasteiger partial charge is 0.209 e. The molecule has 9 nitrogen and oxygen atoms in total. The highest BCUT2D eigenvalue weighted by molar-refractivity contribution is 7.92. The summed E-state index contributed by atoms with van der Waals surface area (Å²) >= 11 is 0. The van der Waals surface area contributed by atoms with Crippen LogP contribution in [0, 0.1) is 11.5 Å². The van der Waals surface area contributed by atoms with Crippen LogP contribution in [-0.4, -0.2) is 54.9 Å². The Bertz CT molecular complexity index is 1130. The number of nitrogens with one attached hydrogen (secondary N) is 3. The molecule has 2 aliphatic rings. The number of sulfone groups is 1. The Kier molecular flexibility index (Phi) is 7.72. The molecule has 1 aromatic heterocycles. The van der Waals surface area contributed by atoms with Crippen LogP contribution in [0.15, 0.2) is 58.7 Å². The molecule has 2 heterocycles. The van der Waals surface area contributed by atoms with Crippen molar-refractivity contribution in [3.63, 3.8) is 0 Å². The second-order valence-electron chi connectivity index (χ2n) is 8.42. The molecule has 1 aliphatic heterocycles. The van der Waals surface area contributed by atoms with Gasteiger partial charge in [0.2, 0.25) is 5.96 Å². The van der Waals surface area contributed by atoms with Gasteiger partial charge in [0, 0.05) is 31.2 Å². The Labute approximate surface area is 199 Å². The molecule has 3 unspecified atom stereocenters. The van der Waals surface area contributed by atoms with Gasteiger partial charge in [-0.25, -0.2) is 22.8 Å². The van der Waals surface area contributed by atoms with Crippen LogP contribution < -0.4 is 16.1 Å². The summed E-state index contributed by atoms with van der Waals surface area (Å²) in [6, 6.07) is 9.71. The van der Waals surface area contributed by atoms with E-state index in [9.17, 15) is 12.8 Å². The zero-order chi connectivity index (χ0) is 24.0. The van der Waals surface area contributed by atoms with Gasteiger partial charge in [0.25, 0.3) is 0 Å². The van der Waals surface area contributed by atoms with Crippen molar-refractivity contribution in [3.8, 4) is 6.19 Å². The van der Waals surface area contributed by atoms with Crippen LogP contribution in [0.4, 0.5) is 10.1 Å². The molecule has 11 heteroatoms. The molecule has 1 aliphatic carbocycles. The summed E-state index contributed by atoms with van der Waals surface area (Å²) < 4.78 is 41.1. The highest BCUT2D eigenvalue weighted by Gasteiger charge is 2.40. The molecule has 2 fully saturated rings. The van der Waals surface area contributed by atoms with Crippen LogP contribution in [-0.2, 0) is 16.4 Å². The van der Waals surface area contributed by atoms with Crippen molar-refractivity contribution < 1.29 is 12.8 Å². The molecule has 1 aromatic carbocycles. The lowest BCUT2D eigenvalue weighted by Gasteiger charge is -2.36. The van der Waals surface area contributed by atoms with Gasteiger partial charge in [0.1, 0.15) is 6.17 Å². The lowest BCUT2D eigenvalue weighted by Crippen LogP contribution is -2.50. The van der Waals surface area contributed by atoms with Crippen molar-refractivity contribution in [1.29, 1.82) is 5.26 Å². The topological polar surface area (TPSA) is 123 Å². The summed E-state index contributed by atoms with van der Waals surface area (Å²) in [5, 5.41) is 15.7. The summed E-state index contributed by atoms with van der Waals surface area (Å²) in [6.07, 6.45) is 5.86. The first-order chi connectivity index (χ1) is 16.5. The Morgan fingerprint density at radius 3 is 2.65 bits per heavy atom. The molecule has 1 saturated carbocycles.